The number of hydrogen-bond donors (Lipinski definition) is 1. The molecule has 74 valence electrons. The standard InChI is InChI=1S/C11H13NO2/c1-10(2)11(14-10,9(12)13)8-6-4-3-5-7-8/h3-7H,1-2H3,(H2,12,13)/t11-/m0/s1. The minimum atomic E-state index is -0.922. The lowest BCUT2D eigenvalue weighted by Crippen LogP contribution is -2.34. The minimum absolute atomic E-state index is 0.422. The highest BCUT2D eigenvalue weighted by Gasteiger charge is 2.69. The zero-order valence-electron chi connectivity index (χ0n) is 8.28. The maximum absolute atomic E-state index is 11.4. The zero-order chi connectivity index (χ0) is 10.4. The molecule has 1 saturated heterocycles. The Kier molecular flexibility index (Phi) is 1.70. The molecule has 0 aliphatic carbocycles. The Bertz CT molecular complexity index is 372. The molecule has 1 fully saturated rings. The fourth-order valence-electron chi connectivity index (χ4n) is 1.93. The maximum atomic E-state index is 11.4. The van der Waals surface area contributed by atoms with Gasteiger partial charge in [0.05, 0.1) is 0 Å². The van der Waals surface area contributed by atoms with Crippen molar-refractivity contribution in [2.24, 2.45) is 5.73 Å². The number of carbonyl (C=O) groups is 1. The van der Waals surface area contributed by atoms with Gasteiger partial charge in [-0.05, 0) is 19.4 Å². The van der Waals surface area contributed by atoms with Crippen LogP contribution in [0.2, 0.25) is 0 Å². The first-order valence-corrected chi connectivity index (χ1v) is 4.56. The molecule has 0 aromatic heterocycles. The van der Waals surface area contributed by atoms with Gasteiger partial charge in [0.25, 0.3) is 5.91 Å². The number of ether oxygens (including phenoxy) is 1. The summed E-state index contributed by atoms with van der Waals surface area (Å²) in [5.74, 6) is -0.422. The lowest BCUT2D eigenvalue weighted by atomic mass is 9.88. The highest BCUT2D eigenvalue weighted by Crippen LogP contribution is 2.54. The van der Waals surface area contributed by atoms with Crippen LogP contribution in [0.4, 0.5) is 0 Å². The Morgan fingerprint density at radius 3 is 2.14 bits per heavy atom. The highest BCUT2D eigenvalue weighted by atomic mass is 16.6. The second-order valence-corrected chi connectivity index (χ2v) is 4.02. The van der Waals surface area contributed by atoms with E-state index < -0.39 is 17.1 Å². The van der Waals surface area contributed by atoms with E-state index in [0.717, 1.165) is 5.56 Å². The van der Waals surface area contributed by atoms with Crippen LogP contribution in [0.5, 0.6) is 0 Å². The number of benzene rings is 1. The van der Waals surface area contributed by atoms with Crippen LogP contribution in [0, 0.1) is 0 Å². The van der Waals surface area contributed by atoms with Crippen molar-refractivity contribution in [2.75, 3.05) is 0 Å². The first kappa shape index (κ1) is 9.21. The number of rotatable bonds is 2. The van der Waals surface area contributed by atoms with E-state index >= 15 is 0 Å². The molecule has 1 aliphatic rings. The van der Waals surface area contributed by atoms with Crippen LogP contribution in [0.1, 0.15) is 19.4 Å². The summed E-state index contributed by atoms with van der Waals surface area (Å²) in [5, 5.41) is 0. The smallest absolute Gasteiger partial charge is 0.257 e. The number of carbonyl (C=O) groups excluding carboxylic acids is 1. The second kappa shape index (κ2) is 2.58. The summed E-state index contributed by atoms with van der Waals surface area (Å²) >= 11 is 0. The van der Waals surface area contributed by atoms with Gasteiger partial charge in [0.1, 0.15) is 5.60 Å². The topological polar surface area (TPSA) is 55.6 Å². The first-order valence-electron chi connectivity index (χ1n) is 4.56. The molecule has 1 amide bonds. The Hall–Kier alpha value is -1.35. The number of epoxide rings is 1. The van der Waals surface area contributed by atoms with E-state index in [1.807, 2.05) is 44.2 Å². The molecule has 1 aromatic rings. The van der Waals surface area contributed by atoms with Crippen LogP contribution in [-0.2, 0) is 15.1 Å². The summed E-state index contributed by atoms with van der Waals surface area (Å²) in [5.41, 5.74) is 4.80. The predicted molar refractivity (Wildman–Crippen MR) is 52.5 cm³/mol. The van der Waals surface area contributed by atoms with E-state index in [0.29, 0.717) is 0 Å². The van der Waals surface area contributed by atoms with Crippen LogP contribution in [-0.4, -0.2) is 11.5 Å². The van der Waals surface area contributed by atoms with Crippen molar-refractivity contribution >= 4 is 5.91 Å². The van der Waals surface area contributed by atoms with Gasteiger partial charge in [-0.1, -0.05) is 30.3 Å². The van der Waals surface area contributed by atoms with Gasteiger partial charge in [-0.3, -0.25) is 4.79 Å². The van der Waals surface area contributed by atoms with Crippen molar-refractivity contribution in [1.82, 2.24) is 0 Å². The molecule has 0 radical (unpaired) electrons. The third-order valence-corrected chi connectivity index (χ3v) is 2.74. The van der Waals surface area contributed by atoms with Crippen molar-refractivity contribution < 1.29 is 9.53 Å². The van der Waals surface area contributed by atoms with Gasteiger partial charge in [0.15, 0.2) is 5.60 Å². The molecule has 0 spiro atoms. The first-order chi connectivity index (χ1) is 6.51. The van der Waals surface area contributed by atoms with E-state index in [-0.39, 0.29) is 0 Å². The molecule has 1 aromatic carbocycles. The average molecular weight is 191 g/mol. The van der Waals surface area contributed by atoms with Gasteiger partial charge in [-0.2, -0.15) is 0 Å². The molecule has 2 rings (SSSR count). The fraction of sp³-hybridized carbons (Fsp3) is 0.364. The molecule has 0 saturated carbocycles. The minimum Gasteiger partial charge on any atom is -0.367 e. The summed E-state index contributed by atoms with van der Waals surface area (Å²) in [7, 11) is 0. The van der Waals surface area contributed by atoms with E-state index in [9.17, 15) is 4.79 Å². The molecule has 1 aliphatic heterocycles. The molecular weight excluding hydrogens is 178 g/mol. The molecule has 1 heterocycles. The molecule has 3 heteroatoms. The van der Waals surface area contributed by atoms with Gasteiger partial charge >= 0.3 is 0 Å². The Morgan fingerprint density at radius 1 is 1.29 bits per heavy atom. The van der Waals surface area contributed by atoms with Crippen LogP contribution >= 0.6 is 0 Å². The van der Waals surface area contributed by atoms with Crippen LogP contribution in [0.3, 0.4) is 0 Å². The summed E-state index contributed by atoms with van der Waals surface area (Å²) in [4.78, 5) is 11.4. The second-order valence-electron chi connectivity index (χ2n) is 4.02. The Balaban J connectivity index is 2.47. The Labute approximate surface area is 82.9 Å². The van der Waals surface area contributed by atoms with Crippen molar-refractivity contribution in [3.05, 3.63) is 35.9 Å². The molecule has 14 heavy (non-hydrogen) atoms. The van der Waals surface area contributed by atoms with E-state index in [1.165, 1.54) is 0 Å². The van der Waals surface area contributed by atoms with Crippen molar-refractivity contribution in [3.8, 4) is 0 Å². The monoisotopic (exact) mass is 191 g/mol. The third kappa shape index (κ3) is 0.990. The number of amides is 1. The average Bonchev–Trinajstić information content (AvgIpc) is 2.72. The summed E-state index contributed by atoms with van der Waals surface area (Å²) in [6.07, 6.45) is 0. The quantitative estimate of drug-likeness (QED) is 0.713. The molecule has 3 nitrogen and oxygen atoms in total. The highest BCUT2D eigenvalue weighted by molar-refractivity contribution is 5.89. The van der Waals surface area contributed by atoms with Crippen LogP contribution in [0.15, 0.2) is 30.3 Å². The molecule has 0 bridgehead atoms. The fourth-order valence-corrected chi connectivity index (χ4v) is 1.93. The normalized spacial score (nSPS) is 28.4. The largest absolute Gasteiger partial charge is 0.367 e. The SMILES string of the molecule is CC1(C)O[C@]1(C(N)=O)c1ccccc1. The van der Waals surface area contributed by atoms with E-state index in [2.05, 4.69) is 0 Å². The molecule has 0 unspecified atom stereocenters. The van der Waals surface area contributed by atoms with E-state index in [1.54, 1.807) is 0 Å². The number of hydrogen-bond acceptors (Lipinski definition) is 2. The maximum Gasteiger partial charge on any atom is 0.257 e. The van der Waals surface area contributed by atoms with Gasteiger partial charge in [-0.25, -0.2) is 0 Å². The lowest BCUT2D eigenvalue weighted by molar-refractivity contribution is -0.123. The lowest BCUT2D eigenvalue weighted by Gasteiger charge is -2.10. The van der Waals surface area contributed by atoms with Crippen molar-refractivity contribution in [1.29, 1.82) is 0 Å². The third-order valence-electron chi connectivity index (χ3n) is 2.74. The van der Waals surface area contributed by atoms with Gasteiger partial charge < -0.3 is 10.5 Å². The Morgan fingerprint density at radius 2 is 1.79 bits per heavy atom. The summed E-state index contributed by atoms with van der Waals surface area (Å²) < 4.78 is 5.46. The summed E-state index contributed by atoms with van der Waals surface area (Å²) in [6, 6.07) is 9.36. The van der Waals surface area contributed by atoms with Crippen molar-refractivity contribution in [2.45, 2.75) is 25.0 Å². The van der Waals surface area contributed by atoms with Gasteiger partial charge in [0.2, 0.25) is 0 Å². The van der Waals surface area contributed by atoms with Gasteiger partial charge in [-0.15, -0.1) is 0 Å². The molecule has 1 atom stereocenters. The van der Waals surface area contributed by atoms with Crippen LogP contribution in [0.25, 0.3) is 0 Å². The van der Waals surface area contributed by atoms with Gasteiger partial charge in [0, 0.05) is 0 Å². The molecule has 2 N–H and O–H groups in total. The summed E-state index contributed by atoms with van der Waals surface area (Å²) in [6.45, 7) is 3.73. The zero-order valence-corrected chi connectivity index (χ0v) is 8.28. The van der Waals surface area contributed by atoms with E-state index in [4.69, 9.17) is 10.5 Å². The molecular formula is C11H13NO2. The van der Waals surface area contributed by atoms with Crippen molar-refractivity contribution in [3.63, 3.8) is 0 Å². The predicted octanol–water partition coefficient (Wildman–Crippen LogP) is 1.18. The van der Waals surface area contributed by atoms with Crippen LogP contribution < -0.4 is 5.73 Å². The number of primary amides is 1. The number of nitrogens with two attached hydrogens (primary N) is 1.